The van der Waals surface area contributed by atoms with Gasteiger partial charge in [-0.1, -0.05) is 129 Å². The minimum absolute atomic E-state index is 0.134. The van der Waals surface area contributed by atoms with E-state index in [9.17, 15) is 0 Å². The molecule has 0 atom stereocenters. The van der Waals surface area contributed by atoms with Crippen LogP contribution in [-0.4, -0.2) is 4.98 Å². The van der Waals surface area contributed by atoms with Gasteiger partial charge in [-0.3, -0.25) is 0 Å². The van der Waals surface area contributed by atoms with E-state index in [-0.39, 0.29) is 5.41 Å². The maximum Gasteiger partial charge on any atom is 0.228 e. The molecule has 0 bridgehead atoms. The largest absolute Gasteiger partial charge is 0.436 e. The summed E-state index contributed by atoms with van der Waals surface area (Å²) < 4.78 is 6.58. The average molecular weight is 612 g/mol. The summed E-state index contributed by atoms with van der Waals surface area (Å²) in [6.07, 6.45) is 0. The van der Waals surface area contributed by atoms with Crippen LogP contribution in [0.25, 0.3) is 99.4 Å². The second-order valence-electron chi connectivity index (χ2n) is 13.8. The third-order valence-electron chi connectivity index (χ3n) is 11.1. The molecule has 1 heterocycles. The lowest BCUT2D eigenvalue weighted by atomic mass is 9.79. The maximum absolute atomic E-state index is 6.58. The summed E-state index contributed by atoms with van der Waals surface area (Å²) in [4.78, 5) is 5.09. The Labute approximate surface area is 277 Å². The van der Waals surface area contributed by atoms with E-state index in [4.69, 9.17) is 9.40 Å². The fourth-order valence-electron chi connectivity index (χ4n) is 8.90. The molecule has 0 spiro atoms. The molecule has 9 aromatic rings. The lowest BCUT2D eigenvalue weighted by Crippen LogP contribution is -2.14. The first-order valence-electron chi connectivity index (χ1n) is 16.7. The fraction of sp³-hybridized carbons (Fsp3) is 0.0652. The number of benzene rings is 8. The van der Waals surface area contributed by atoms with Gasteiger partial charge in [0.25, 0.3) is 0 Å². The van der Waals surface area contributed by atoms with Crippen molar-refractivity contribution in [2.75, 3.05) is 0 Å². The minimum Gasteiger partial charge on any atom is -0.436 e. The van der Waals surface area contributed by atoms with Crippen LogP contribution in [-0.2, 0) is 5.41 Å². The van der Waals surface area contributed by atoms with E-state index in [1.165, 1.54) is 77.2 Å². The van der Waals surface area contributed by atoms with Crippen LogP contribution in [0.5, 0.6) is 0 Å². The van der Waals surface area contributed by atoms with Gasteiger partial charge in [-0.25, -0.2) is 4.98 Å². The fourth-order valence-corrected chi connectivity index (χ4v) is 8.90. The maximum atomic E-state index is 6.58. The summed E-state index contributed by atoms with van der Waals surface area (Å²) >= 11 is 0. The van der Waals surface area contributed by atoms with Crippen molar-refractivity contribution >= 4 is 43.4 Å². The van der Waals surface area contributed by atoms with Crippen LogP contribution in [0.2, 0.25) is 0 Å². The molecule has 8 aromatic carbocycles. The molecule has 0 aliphatic heterocycles. The Morgan fingerprint density at radius 2 is 1.04 bits per heavy atom. The van der Waals surface area contributed by atoms with Crippen molar-refractivity contribution in [3.8, 4) is 56.0 Å². The van der Waals surface area contributed by atoms with Crippen molar-refractivity contribution in [3.63, 3.8) is 0 Å². The molecule has 0 unspecified atom stereocenters. The van der Waals surface area contributed by atoms with Crippen LogP contribution >= 0.6 is 0 Å². The lowest BCUT2D eigenvalue weighted by molar-refractivity contribution is 0.621. The van der Waals surface area contributed by atoms with Gasteiger partial charge in [0, 0.05) is 5.41 Å². The topological polar surface area (TPSA) is 26.0 Å². The van der Waals surface area contributed by atoms with Crippen LogP contribution in [0.1, 0.15) is 25.0 Å². The van der Waals surface area contributed by atoms with Gasteiger partial charge in [-0.05, 0) is 112 Å². The number of hydrogen-bond acceptors (Lipinski definition) is 2. The van der Waals surface area contributed by atoms with Gasteiger partial charge in [0.05, 0.1) is 5.56 Å². The first-order valence-corrected chi connectivity index (χ1v) is 16.7. The molecule has 2 aliphatic carbocycles. The zero-order chi connectivity index (χ0) is 31.7. The molecule has 0 N–H and O–H groups in total. The van der Waals surface area contributed by atoms with Crippen molar-refractivity contribution in [2.45, 2.75) is 19.3 Å². The predicted octanol–water partition coefficient (Wildman–Crippen LogP) is 12.6. The van der Waals surface area contributed by atoms with Gasteiger partial charge < -0.3 is 4.42 Å². The van der Waals surface area contributed by atoms with Gasteiger partial charge >= 0.3 is 0 Å². The Balaban J connectivity index is 1.33. The van der Waals surface area contributed by atoms with Crippen molar-refractivity contribution < 1.29 is 4.42 Å². The van der Waals surface area contributed by atoms with Gasteiger partial charge in [-0.15, -0.1) is 0 Å². The van der Waals surface area contributed by atoms with Crippen molar-refractivity contribution in [1.29, 1.82) is 0 Å². The summed E-state index contributed by atoms with van der Waals surface area (Å²) in [5.74, 6) is 0.658. The quantitative estimate of drug-likeness (QED) is 0.182. The Hall–Kier alpha value is -5.99. The Morgan fingerprint density at radius 3 is 1.85 bits per heavy atom. The van der Waals surface area contributed by atoms with Gasteiger partial charge in [0.15, 0.2) is 5.58 Å². The first kappa shape index (κ1) is 26.1. The second-order valence-corrected chi connectivity index (χ2v) is 13.8. The molecule has 11 rings (SSSR count). The average Bonchev–Trinajstić information content (AvgIpc) is 3.77. The molecule has 48 heavy (non-hydrogen) atoms. The molecule has 0 radical (unpaired) electrons. The van der Waals surface area contributed by atoms with E-state index in [2.05, 4.69) is 129 Å². The highest BCUT2D eigenvalue weighted by Gasteiger charge is 2.36. The van der Waals surface area contributed by atoms with E-state index in [1.807, 2.05) is 24.3 Å². The highest BCUT2D eigenvalue weighted by Crippen LogP contribution is 2.55. The summed E-state index contributed by atoms with van der Waals surface area (Å²) in [5.41, 5.74) is 15.7. The second kappa shape index (κ2) is 9.08. The van der Waals surface area contributed by atoms with Crippen molar-refractivity contribution in [1.82, 2.24) is 4.98 Å². The third kappa shape index (κ3) is 3.24. The zero-order valence-electron chi connectivity index (χ0n) is 26.6. The molecule has 0 saturated heterocycles. The van der Waals surface area contributed by atoms with Crippen LogP contribution in [0.3, 0.4) is 0 Å². The molecule has 0 fully saturated rings. The standard InChI is InChI=1S/C46H29NO/c1-46(2)38-19-8-7-14-28(38)35-24-36-37(25-39(35)46)43(30-15-5-6-16-32(30)44(36)45-47-40-20-9-10-21-41(40)48-45)34-23-22-33-27-13-4-3-12-26(27)29-17-11-18-31(34)42(29)33/h3-25H,1-2H3. The Morgan fingerprint density at radius 1 is 0.438 bits per heavy atom. The van der Waals surface area contributed by atoms with Crippen LogP contribution in [0.4, 0.5) is 0 Å². The Kier molecular flexibility index (Phi) is 4.94. The normalized spacial score (nSPS) is 13.8. The van der Waals surface area contributed by atoms with Gasteiger partial charge in [0.1, 0.15) is 5.52 Å². The molecule has 2 nitrogen and oxygen atoms in total. The molecule has 2 aliphatic rings. The SMILES string of the molecule is CC1(C)c2ccccc2-c2cc3c(-c4nc5ccccc5o4)c4ccccc4c(-c4ccc5c6c(cccc46)-c4ccccc4-5)c3cc21. The highest BCUT2D eigenvalue weighted by molar-refractivity contribution is 6.26. The number of para-hydroxylation sites is 2. The predicted molar refractivity (Wildman–Crippen MR) is 199 cm³/mol. The van der Waals surface area contributed by atoms with Gasteiger partial charge in [-0.2, -0.15) is 0 Å². The first-order chi connectivity index (χ1) is 23.6. The van der Waals surface area contributed by atoms with Crippen LogP contribution in [0.15, 0.2) is 144 Å². The lowest BCUT2D eigenvalue weighted by Gasteiger charge is -2.23. The molecular formula is C46H29NO. The Bertz CT molecular complexity index is 2810. The number of hydrogen-bond donors (Lipinski definition) is 0. The number of nitrogens with zero attached hydrogens (tertiary/aromatic N) is 1. The molecular weight excluding hydrogens is 583 g/mol. The number of oxazole rings is 1. The summed E-state index contributed by atoms with van der Waals surface area (Å²) in [5, 5.41) is 7.35. The highest BCUT2D eigenvalue weighted by atomic mass is 16.3. The van der Waals surface area contributed by atoms with E-state index in [0.29, 0.717) is 5.89 Å². The molecule has 0 amide bonds. The van der Waals surface area contributed by atoms with Crippen molar-refractivity contribution in [3.05, 3.63) is 151 Å². The molecule has 0 saturated carbocycles. The summed E-state index contributed by atoms with van der Waals surface area (Å²) in [6, 6.07) is 51.0. The van der Waals surface area contributed by atoms with Crippen molar-refractivity contribution in [2.24, 2.45) is 0 Å². The number of fused-ring (bicyclic) bond motifs is 9. The summed E-state index contributed by atoms with van der Waals surface area (Å²) in [7, 11) is 0. The van der Waals surface area contributed by atoms with Gasteiger partial charge in [0.2, 0.25) is 5.89 Å². The number of rotatable bonds is 2. The monoisotopic (exact) mass is 611 g/mol. The smallest absolute Gasteiger partial charge is 0.228 e. The molecule has 224 valence electrons. The van der Waals surface area contributed by atoms with E-state index in [1.54, 1.807) is 0 Å². The molecule has 1 aromatic heterocycles. The van der Waals surface area contributed by atoms with Crippen LogP contribution < -0.4 is 0 Å². The van der Waals surface area contributed by atoms with Crippen LogP contribution in [0, 0.1) is 0 Å². The van der Waals surface area contributed by atoms with E-state index in [0.717, 1.165) is 27.4 Å². The zero-order valence-corrected chi connectivity index (χ0v) is 26.6. The third-order valence-corrected chi connectivity index (χ3v) is 11.1. The van der Waals surface area contributed by atoms with E-state index < -0.39 is 0 Å². The minimum atomic E-state index is -0.134. The van der Waals surface area contributed by atoms with E-state index >= 15 is 0 Å². The number of aromatic nitrogens is 1. The molecule has 2 heteroatoms. The summed E-state index contributed by atoms with van der Waals surface area (Å²) in [6.45, 7) is 4.73.